The number of fused-ring (bicyclic) bond motifs is 1. The van der Waals surface area contributed by atoms with E-state index in [2.05, 4.69) is 22.1 Å². The Morgan fingerprint density at radius 2 is 1.71 bits per heavy atom. The highest BCUT2D eigenvalue weighted by atomic mass is 16.5. The highest BCUT2D eigenvalue weighted by molar-refractivity contribution is 5.91. The number of hydrogen-bond acceptors (Lipinski definition) is 5. The van der Waals surface area contributed by atoms with E-state index in [1.165, 1.54) is 22.1 Å². The van der Waals surface area contributed by atoms with Crippen molar-refractivity contribution in [3.8, 4) is 11.5 Å². The fourth-order valence-electron chi connectivity index (χ4n) is 4.88. The van der Waals surface area contributed by atoms with E-state index in [-0.39, 0.29) is 11.9 Å². The van der Waals surface area contributed by atoms with E-state index >= 15 is 0 Å². The van der Waals surface area contributed by atoms with Gasteiger partial charge < -0.3 is 14.5 Å². The van der Waals surface area contributed by atoms with Crippen molar-refractivity contribution in [2.24, 2.45) is 11.8 Å². The zero-order chi connectivity index (χ0) is 23.7. The van der Waals surface area contributed by atoms with Crippen LogP contribution in [0.5, 0.6) is 11.5 Å². The predicted molar refractivity (Wildman–Crippen MR) is 129 cm³/mol. The fraction of sp³-hybridized carbons (Fsp3) is 0.346. The fourth-order valence-corrected chi connectivity index (χ4v) is 4.88. The zero-order valence-corrected chi connectivity index (χ0v) is 19.5. The number of para-hydroxylation sites is 1. The molecule has 2 aliphatic heterocycles. The third-order valence-corrected chi connectivity index (χ3v) is 6.74. The maximum Gasteiger partial charge on any atom is 0.344 e. The molecule has 8 heteroatoms. The molecule has 3 heterocycles. The van der Waals surface area contributed by atoms with Crippen molar-refractivity contribution in [3.05, 3.63) is 72.6 Å². The summed E-state index contributed by atoms with van der Waals surface area (Å²) in [5, 5.41) is 4.18. The number of rotatable bonds is 5. The molecule has 8 nitrogen and oxygen atoms in total. The molecule has 2 unspecified atom stereocenters. The van der Waals surface area contributed by atoms with Gasteiger partial charge in [-0.2, -0.15) is 9.78 Å². The van der Waals surface area contributed by atoms with Gasteiger partial charge in [0, 0.05) is 46.7 Å². The van der Waals surface area contributed by atoms with Crippen LogP contribution in [0.1, 0.15) is 12.5 Å². The topological polar surface area (TPSA) is 70.9 Å². The van der Waals surface area contributed by atoms with Gasteiger partial charge in [-0.3, -0.25) is 9.69 Å². The van der Waals surface area contributed by atoms with E-state index in [4.69, 9.17) is 4.74 Å². The van der Waals surface area contributed by atoms with Crippen molar-refractivity contribution in [1.82, 2.24) is 19.6 Å². The Morgan fingerprint density at radius 3 is 2.41 bits per heavy atom. The molecule has 0 N–H and O–H groups in total. The summed E-state index contributed by atoms with van der Waals surface area (Å²) < 4.78 is 7.32. The number of hydrogen-bond donors (Lipinski definition) is 0. The Morgan fingerprint density at radius 1 is 1.00 bits per heavy atom. The smallest absolute Gasteiger partial charge is 0.344 e. The van der Waals surface area contributed by atoms with Gasteiger partial charge in [0.05, 0.1) is 18.1 Å². The van der Waals surface area contributed by atoms with Crippen molar-refractivity contribution in [2.45, 2.75) is 13.5 Å². The first-order valence-corrected chi connectivity index (χ1v) is 11.6. The monoisotopic (exact) mass is 459 g/mol. The quantitative estimate of drug-likeness (QED) is 0.582. The molecular formula is C26H29N5O3. The molecule has 2 aliphatic rings. The maximum atomic E-state index is 12.9. The van der Waals surface area contributed by atoms with Crippen molar-refractivity contribution in [1.29, 1.82) is 0 Å². The van der Waals surface area contributed by atoms with E-state index in [9.17, 15) is 9.59 Å². The minimum atomic E-state index is -0.130. The van der Waals surface area contributed by atoms with E-state index in [1.54, 1.807) is 19.4 Å². The molecule has 34 heavy (non-hydrogen) atoms. The zero-order valence-electron chi connectivity index (χ0n) is 19.5. The van der Waals surface area contributed by atoms with Gasteiger partial charge in [-0.15, -0.1) is 0 Å². The number of nitrogens with zero attached hydrogens (tertiary/aromatic N) is 5. The Kier molecular flexibility index (Phi) is 6.06. The van der Waals surface area contributed by atoms with Crippen LogP contribution < -0.4 is 9.64 Å². The highest BCUT2D eigenvalue weighted by Crippen LogP contribution is 2.33. The molecular weight excluding hydrogens is 430 g/mol. The summed E-state index contributed by atoms with van der Waals surface area (Å²) in [6, 6.07) is 17.9. The van der Waals surface area contributed by atoms with Gasteiger partial charge >= 0.3 is 6.03 Å². The van der Waals surface area contributed by atoms with Gasteiger partial charge in [0.2, 0.25) is 5.91 Å². The molecule has 2 atom stereocenters. The molecule has 0 spiro atoms. The van der Waals surface area contributed by atoms with Gasteiger partial charge in [0.25, 0.3) is 0 Å². The average Bonchev–Trinajstić information content (AvgIpc) is 3.54. The third-order valence-electron chi connectivity index (χ3n) is 6.74. The summed E-state index contributed by atoms with van der Waals surface area (Å²) in [5.41, 5.74) is 1.84. The minimum absolute atomic E-state index is 0.0973. The van der Waals surface area contributed by atoms with Crippen LogP contribution in [0.2, 0.25) is 0 Å². The number of carbonyl (C=O) groups excluding carboxylic acids is 2. The predicted octanol–water partition coefficient (Wildman–Crippen LogP) is 3.69. The van der Waals surface area contributed by atoms with Gasteiger partial charge in [-0.05, 0) is 41.7 Å². The normalized spacial score (nSPS) is 19.8. The lowest BCUT2D eigenvalue weighted by molar-refractivity contribution is -0.116. The summed E-state index contributed by atoms with van der Waals surface area (Å²) in [5.74, 6) is 2.50. The van der Waals surface area contributed by atoms with Crippen molar-refractivity contribution < 1.29 is 14.3 Å². The lowest BCUT2D eigenvalue weighted by Gasteiger charge is -2.21. The summed E-state index contributed by atoms with van der Waals surface area (Å²) in [4.78, 5) is 30.3. The minimum Gasteiger partial charge on any atom is -0.457 e. The number of amides is 2. The number of anilines is 1. The molecule has 1 aromatic heterocycles. The number of ether oxygens (including phenoxy) is 1. The first-order valence-electron chi connectivity index (χ1n) is 11.6. The van der Waals surface area contributed by atoms with E-state index < -0.39 is 0 Å². The van der Waals surface area contributed by atoms with Crippen LogP contribution in [-0.4, -0.2) is 64.7 Å². The van der Waals surface area contributed by atoms with Gasteiger partial charge in [-0.25, -0.2) is 4.79 Å². The molecule has 3 aromatic rings. The number of likely N-dealkylation sites (tertiary alicyclic amines) is 2. The largest absolute Gasteiger partial charge is 0.457 e. The molecule has 0 aliphatic carbocycles. The van der Waals surface area contributed by atoms with E-state index in [1.807, 2.05) is 47.4 Å². The maximum absolute atomic E-state index is 12.9. The molecule has 2 fully saturated rings. The van der Waals surface area contributed by atoms with E-state index in [0.717, 1.165) is 44.2 Å². The second kappa shape index (κ2) is 9.30. The molecule has 0 bridgehead atoms. The van der Waals surface area contributed by atoms with Crippen molar-refractivity contribution >= 4 is 17.6 Å². The lowest BCUT2D eigenvalue weighted by Crippen LogP contribution is -2.36. The van der Waals surface area contributed by atoms with Gasteiger partial charge in [-0.1, -0.05) is 30.3 Å². The van der Waals surface area contributed by atoms with Crippen molar-refractivity contribution in [2.75, 3.05) is 38.1 Å². The summed E-state index contributed by atoms with van der Waals surface area (Å²) in [6.07, 6.45) is 3.17. The SMILES string of the molecule is CC(=O)N(C)c1cnn(C(=O)N2CC3CN(Cc4cccc(Oc5ccccc5)c4)CC3C2)c1. The average molecular weight is 460 g/mol. The molecule has 2 amide bonds. The Bertz CT molecular complexity index is 1160. The summed E-state index contributed by atoms with van der Waals surface area (Å²) in [7, 11) is 1.67. The molecule has 0 saturated carbocycles. The second-order valence-electron chi connectivity index (χ2n) is 9.19. The second-order valence-corrected chi connectivity index (χ2v) is 9.19. The Balaban J connectivity index is 1.16. The Hall–Kier alpha value is -3.65. The first kappa shape index (κ1) is 22.2. The highest BCUT2D eigenvalue weighted by Gasteiger charge is 2.42. The molecule has 2 aromatic carbocycles. The number of aromatic nitrogens is 2. The van der Waals surface area contributed by atoms with Crippen LogP contribution in [0, 0.1) is 11.8 Å². The van der Waals surface area contributed by atoms with Crippen LogP contribution >= 0.6 is 0 Å². The van der Waals surface area contributed by atoms with Crippen LogP contribution in [0.25, 0.3) is 0 Å². The third kappa shape index (κ3) is 4.68. The summed E-state index contributed by atoms with van der Waals surface area (Å²) >= 11 is 0. The first-order chi connectivity index (χ1) is 16.5. The van der Waals surface area contributed by atoms with E-state index in [0.29, 0.717) is 17.5 Å². The van der Waals surface area contributed by atoms with Crippen LogP contribution in [0.3, 0.4) is 0 Å². The molecule has 176 valence electrons. The number of carbonyl (C=O) groups is 2. The van der Waals surface area contributed by atoms with Crippen molar-refractivity contribution in [3.63, 3.8) is 0 Å². The van der Waals surface area contributed by atoms with Gasteiger partial charge in [0.15, 0.2) is 0 Å². The van der Waals surface area contributed by atoms with Gasteiger partial charge in [0.1, 0.15) is 11.5 Å². The van der Waals surface area contributed by atoms with Crippen LogP contribution in [-0.2, 0) is 11.3 Å². The van der Waals surface area contributed by atoms with Crippen LogP contribution in [0.15, 0.2) is 67.0 Å². The Labute approximate surface area is 199 Å². The number of benzene rings is 2. The standard InChI is InChI=1S/C26H29N5O3/c1-19(32)28(2)23-12-27-31(18-23)26(33)30-16-21-14-29(15-22(21)17-30)13-20-7-6-10-25(11-20)34-24-8-4-3-5-9-24/h3-12,18,21-22H,13-17H2,1-2H3. The lowest BCUT2D eigenvalue weighted by atomic mass is 10.0. The summed E-state index contributed by atoms with van der Waals surface area (Å²) in [6.45, 7) is 5.75. The molecule has 2 saturated heterocycles. The molecule has 0 radical (unpaired) electrons. The van der Waals surface area contributed by atoms with Crippen LogP contribution in [0.4, 0.5) is 10.5 Å². The molecule has 5 rings (SSSR count).